The molecule has 0 unspecified atom stereocenters. The third-order valence-electron chi connectivity index (χ3n) is 4.77. The fourth-order valence-corrected chi connectivity index (χ4v) is 4.11. The summed E-state index contributed by atoms with van der Waals surface area (Å²) in [5.41, 5.74) is 3.54. The van der Waals surface area contributed by atoms with E-state index >= 15 is 0 Å². The Morgan fingerprint density at radius 2 is 1.54 bits per heavy atom. The Morgan fingerprint density at radius 3 is 2.14 bits per heavy atom. The molecular weight excluding hydrogens is 368 g/mol. The quantitative estimate of drug-likeness (QED) is 0.494. The number of benzene rings is 3. The van der Waals surface area contributed by atoms with Crippen molar-refractivity contribution in [3.05, 3.63) is 95.5 Å². The first-order valence-corrected chi connectivity index (χ1v) is 9.84. The average Bonchev–Trinajstić information content (AvgIpc) is 3.27. The van der Waals surface area contributed by atoms with Gasteiger partial charge in [0.2, 0.25) is 5.91 Å². The van der Waals surface area contributed by atoms with Gasteiger partial charge >= 0.3 is 0 Å². The van der Waals surface area contributed by atoms with E-state index in [2.05, 4.69) is 10.3 Å². The number of amides is 1. The van der Waals surface area contributed by atoms with Crippen LogP contribution in [0.4, 0.5) is 5.69 Å². The minimum absolute atomic E-state index is 0.0785. The lowest BCUT2D eigenvalue weighted by molar-refractivity contribution is -0.116. The Kier molecular flexibility index (Phi) is 4.14. The van der Waals surface area contributed by atoms with E-state index in [1.54, 1.807) is 17.5 Å². The van der Waals surface area contributed by atoms with Gasteiger partial charge in [-0.1, -0.05) is 36.4 Å². The SMILES string of the molecule is O=C(Nc1ccc(-c2nccs2)cc1)C1c2ccccc2Oc2ccccc21. The summed E-state index contributed by atoms with van der Waals surface area (Å²) in [7, 11) is 0. The number of ether oxygens (including phenoxy) is 1. The summed E-state index contributed by atoms with van der Waals surface area (Å²) in [4.78, 5) is 17.5. The molecule has 1 amide bonds. The highest BCUT2D eigenvalue weighted by atomic mass is 32.1. The van der Waals surface area contributed by atoms with Gasteiger partial charge in [0, 0.05) is 34.0 Å². The van der Waals surface area contributed by atoms with E-state index < -0.39 is 5.92 Å². The largest absolute Gasteiger partial charge is 0.457 e. The highest BCUT2D eigenvalue weighted by molar-refractivity contribution is 7.13. The van der Waals surface area contributed by atoms with Crippen LogP contribution >= 0.6 is 11.3 Å². The molecule has 1 N–H and O–H groups in total. The molecule has 1 aromatic heterocycles. The maximum atomic E-state index is 13.2. The summed E-state index contributed by atoms with van der Waals surface area (Å²) in [5, 5.41) is 5.97. The fraction of sp³-hybridized carbons (Fsp3) is 0.0435. The van der Waals surface area contributed by atoms with Crippen molar-refractivity contribution in [3.63, 3.8) is 0 Å². The number of fused-ring (bicyclic) bond motifs is 2. The van der Waals surface area contributed by atoms with Crippen molar-refractivity contribution >= 4 is 22.9 Å². The number of para-hydroxylation sites is 2. The van der Waals surface area contributed by atoms with Crippen LogP contribution in [-0.4, -0.2) is 10.9 Å². The Morgan fingerprint density at radius 1 is 0.893 bits per heavy atom. The number of rotatable bonds is 3. The lowest BCUT2D eigenvalue weighted by Crippen LogP contribution is -2.25. The molecule has 1 aliphatic heterocycles. The molecule has 1 aliphatic rings. The highest BCUT2D eigenvalue weighted by Crippen LogP contribution is 2.44. The molecule has 2 heterocycles. The number of hydrogen-bond acceptors (Lipinski definition) is 4. The summed E-state index contributed by atoms with van der Waals surface area (Å²) in [6, 6.07) is 23.1. The van der Waals surface area contributed by atoms with Gasteiger partial charge in [0.25, 0.3) is 0 Å². The molecule has 4 aromatic rings. The standard InChI is InChI=1S/C23H16N2O2S/c26-22(25-16-11-9-15(10-12-16)23-24-13-14-28-23)21-17-5-1-3-7-19(17)27-20-8-4-2-6-18(20)21/h1-14,21H,(H,25,26). The number of carbonyl (C=O) groups is 1. The molecule has 0 aliphatic carbocycles. The van der Waals surface area contributed by atoms with Crippen LogP contribution in [-0.2, 0) is 4.79 Å². The molecular formula is C23H16N2O2S. The minimum atomic E-state index is -0.417. The maximum absolute atomic E-state index is 13.2. The molecule has 0 atom stereocenters. The second kappa shape index (κ2) is 6.94. The molecule has 136 valence electrons. The van der Waals surface area contributed by atoms with Gasteiger partial charge in [-0.05, 0) is 36.4 Å². The van der Waals surface area contributed by atoms with E-state index in [0.29, 0.717) is 0 Å². The molecule has 0 radical (unpaired) electrons. The summed E-state index contributed by atoms with van der Waals surface area (Å²) in [6.07, 6.45) is 1.79. The van der Waals surface area contributed by atoms with E-state index in [0.717, 1.165) is 38.9 Å². The zero-order chi connectivity index (χ0) is 18.9. The van der Waals surface area contributed by atoms with Crippen molar-refractivity contribution in [1.82, 2.24) is 4.98 Å². The van der Waals surface area contributed by atoms with Crippen LogP contribution < -0.4 is 10.1 Å². The van der Waals surface area contributed by atoms with Crippen LogP contribution in [0.1, 0.15) is 17.0 Å². The van der Waals surface area contributed by atoms with Gasteiger partial charge in [0.05, 0.1) is 5.92 Å². The van der Waals surface area contributed by atoms with E-state index in [-0.39, 0.29) is 5.91 Å². The Labute approximate surface area is 166 Å². The van der Waals surface area contributed by atoms with Crippen LogP contribution in [0.25, 0.3) is 10.6 Å². The first-order chi connectivity index (χ1) is 13.8. The Bertz CT molecular complexity index is 1090. The summed E-state index contributed by atoms with van der Waals surface area (Å²) >= 11 is 1.59. The third-order valence-corrected chi connectivity index (χ3v) is 5.60. The monoisotopic (exact) mass is 384 g/mol. The molecule has 0 fully saturated rings. The van der Waals surface area contributed by atoms with Crippen molar-refractivity contribution in [2.75, 3.05) is 5.32 Å². The highest BCUT2D eigenvalue weighted by Gasteiger charge is 2.32. The van der Waals surface area contributed by atoms with E-state index in [1.165, 1.54) is 0 Å². The predicted octanol–water partition coefficient (Wildman–Crippen LogP) is 5.69. The van der Waals surface area contributed by atoms with Crippen molar-refractivity contribution in [3.8, 4) is 22.1 Å². The lowest BCUT2D eigenvalue weighted by atomic mass is 9.87. The Hall–Kier alpha value is -3.44. The maximum Gasteiger partial charge on any atom is 0.236 e. The smallest absolute Gasteiger partial charge is 0.236 e. The summed E-state index contributed by atoms with van der Waals surface area (Å²) < 4.78 is 5.98. The van der Waals surface area contributed by atoms with Gasteiger partial charge in [-0.3, -0.25) is 4.79 Å². The van der Waals surface area contributed by atoms with Gasteiger partial charge in [0.15, 0.2) is 0 Å². The van der Waals surface area contributed by atoms with E-state index in [1.807, 2.05) is 78.2 Å². The van der Waals surface area contributed by atoms with Gasteiger partial charge in [0.1, 0.15) is 16.5 Å². The summed E-state index contributed by atoms with van der Waals surface area (Å²) in [6.45, 7) is 0. The fourth-order valence-electron chi connectivity index (χ4n) is 3.47. The second-order valence-electron chi connectivity index (χ2n) is 6.51. The molecule has 4 nitrogen and oxygen atoms in total. The normalized spacial score (nSPS) is 12.6. The first-order valence-electron chi connectivity index (χ1n) is 8.96. The van der Waals surface area contributed by atoms with Crippen LogP contribution in [0.5, 0.6) is 11.5 Å². The van der Waals surface area contributed by atoms with Crippen LogP contribution in [0.3, 0.4) is 0 Å². The number of carbonyl (C=O) groups excluding carboxylic acids is 1. The Balaban J connectivity index is 1.46. The van der Waals surface area contributed by atoms with Crippen LogP contribution in [0.15, 0.2) is 84.4 Å². The van der Waals surface area contributed by atoms with E-state index in [4.69, 9.17) is 4.74 Å². The van der Waals surface area contributed by atoms with Crippen LogP contribution in [0.2, 0.25) is 0 Å². The number of anilines is 1. The van der Waals surface area contributed by atoms with Gasteiger partial charge in [-0.15, -0.1) is 11.3 Å². The predicted molar refractivity (Wildman–Crippen MR) is 111 cm³/mol. The molecule has 0 saturated heterocycles. The number of thiazole rings is 1. The van der Waals surface area contributed by atoms with Crippen molar-refractivity contribution in [1.29, 1.82) is 0 Å². The van der Waals surface area contributed by atoms with E-state index in [9.17, 15) is 4.79 Å². The van der Waals surface area contributed by atoms with Crippen molar-refractivity contribution < 1.29 is 9.53 Å². The number of nitrogens with one attached hydrogen (secondary N) is 1. The number of nitrogens with zero attached hydrogens (tertiary/aromatic N) is 1. The number of hydrogen-bond donors (Lipinski definition) is 1. The van der Waals surface area contributed by atoms with Crippen molar-refractivity contribution in [2.24, 2.45) is 0 Å². The second-order valence-corrected chi connectivity index (χ2v) is 7.41. The third kappa shape index (κ3) is 2.96. The topological polar surface area (TPSA) is 51.2 Å². The number of aromatic nitrogens is 1. The minimum Gasteiger partial charge on any atom is -0.457 e. The molecule has 5 heteroatoms. The first kappa shape index (κ1) is 16.7. The van der Waals surface area contributed by atoms with Gasteiger partial charge in [-0.2, -0.15) is 0 Å². The molecule has 0 bridgehead atoms. The molecule has 28 heavy (non-hydrogen) atoms. The zero-order valence-corrected chi connectivity index (χ0v) is 15.6. The van der Waals surface area contributed by atoms with Crippen molar-refractivity contribution in [2.45, 2.75) is 5.92 Å². The van der Waals surface area contributed by atoms with Crippen LogP contribution in [0, 0.1) is 0 Å². The zero-order valence-electron chi connectivity index (χ0n) is 14.8. The molecule has 3 aromatic carbocycles. The molecule has 0 saturated carbocycles. The average molecular weight is 384 g/mol. The van der Waals surface area contributed by atoms with Gasteiger partial charge in [-0.25, -0.2) is 4.98 Å². The molecule has 5 rings (SSSR count). The molecule has 0 spiro atoms. The van der Waals surface area contributed by atoms with Gasteiger partial charge < -0.3 is 10.1 Å². The summed E-state index contributed by atoms with van der Waals surface area (Å²) in [5.74, 6) is 0.950. The lowest BCUT2D eigenvalue weighted by Gasteiger charge is -2.27.